The van der Waals surface area contributed by atoms with E-state index in [2.05, 4.69) is 25.1 Å². The number of hydrogen-bond acceptors (Lipinski definition) is 3. The van der Waals surface area contributed by atoms with Gasteiger partial charge in [-0.25, -0.2) is 0 Å². The lowest BCUT2D eigenvalue weighted by molar-refractivity contribution is -0.140. The second kappa shape index (κ2) is 5.10. The Morgan fingerprint density at radius 3 is 2.71 bits per heavy atom. The highest BCUT2D eigenvalue weighted by atomic mass is 16.7. The van der Waals surface area contributed by atoms with Crippen LogP contribution in [0.2, 0.25) is 0 Å². The fraction of sp³-hybridized carbons (Fsp3) is 0.455. The maximum absolute atomic E-state index is 5.71. The third-order valence-corrected chi connectivity index (χ3v) is 2.38. The second-order valence-corrected chi connectivity index (χ2v) is 3.39. The number of benzene rings is 1. The molecule has 0 aliphatic rings. The zero-order valence-corrected chi connectivity index (χ0v) is 9.03. The fourth-order valence-electron chi connectivity index (χ4n) is 1.50. The van der Waals surface area contributed by atoms with E-state index in [0.717, 1.165) is 0 Å². The van der Waals surface area contributed by atoms with Crippen molar-refractivity contribution in [3.05, 3.63) is 35.4 Å². The van der Waals surface area contributed by atoms with E-state index in [1.54, 1.807) is 12.2 Å². The SMILES string of the molecule is CON(C)C(CN)c1cccc(C)c1. The molecular weight excluding hydrogens is 176 g/mol. The third-order valence-electron chi connectivity index (χ3n) is 2.38. The summed E-state index contributed by atoms with van der Waals surface area (Å²) in [4.78, 5) is 5.15. The van der Waals surface area contributed by atoms with Crippen LogP contribution >= 0.6 is 0 Å². The van der Waals surface area contributed by atoms with Crippen molar-refractivity contribution in [3.8, 4) is 0 Å². The van der Waals surface area contributed by atoms with Crippen molar-refractivity contribution < 1.29 is 4.84 Å². The number of rotatable bonds is 4. The predicted octanol–water partition coefficient (Wildman–Crippen LogP) is 1.49. The molecule has 0 spiro atoms. The lowest BCUT2D eigenvalue weighted by Crippen LogP contribution is -2.29. The van der Waals surface area contributed by atoms with Gasteiger partial charge in [0.15, 0.2) is 0 Å². The van der Waals surface area contributed by atoms with Crippen LogP contribution in [0.3, 0.4) is 0 Å². The molecule has 0 heterocycles. The zero-order chi connectivity index (χ0) is 10.6. The van der Waals surface area contributed by atoms with Gasteiger partial charge in [-0.15, -0.1) is 0 Å². The third kappa shape index (κ3) is 2.54. The van der Waals surface area contributed by atoms with E-state index >= 15 is 0 Å². The normalized spacial score (nSPS) is 13.2. The van der Waals surface area contributed by atoms with Gasteiger partial charge in [0.05, 0.1) is 13.2 Å². The molecule has 1 rings (SSSR count). The summed E-state index contributed by atoms with van der Waals surface area (Å²) in [6.07, 6.45) is 0. The Balaban J connectivity index is 2.89. The van der Waals surface area contributed by atoms with E-state index in [1.807, 2.05) is 13.1 Å². The Kier molecular flexibility index (Phi) is 4.07. The molecule has 78 valence electrons. The first kappa shape index (κ1) is 11.2. The van der Waals surface area contributed by atoms with Crippen molar-refractivity contribution in [1.29, 1.82) is 0 Å². The maximum atomic E-state index is 5.71. The molecule has 1 atom stereocenters. The summed E-state index contributed by atoms with van der Waals surface area (Å²) in [5, 5.41) is 1.77. The predicted molar refractivity (Wildman–Crippen MR) is 57.7 cm³/mol. The Morgan fingerprint density at radius 1 is 1.50 bits per heavy atom. The molecule has 2 N–H and O–H groups in total. The molecule has 1 aromatic rings. The van der Waals surface area contributed by atoms with Gasteiger partial charge in [-0.1, -0.05) is 29.8 Å². The summed E-state index contributed by atoms with van der Waals surface area (Å²) in [6.45, 7) is 2.62. The topological polar surface area (TPSA) is 38.5 Å². The van der Waals surface area contributed by atoms with Crippen LogP contribution in [0, 0.1) is 6.92 Å². The highest BCUT2D eigenvalue weighted by Gasteiger charge is 2.14. The van der Waals surface area contributed by atoms with Crippen molar-refractivity contribution in [3.63, 3.8) is 0 Å². The maximum Gasteiger partial charge on any atom is 0.0721 e. The van der Waals surface area contributed by atoms with Gasteiger partial charge in [-0.3, -0.25) is 0 Å². The summed E-state index contributed by atoms with van der Waals surface area (Å²) >= 11 is 0. The highest BCUT2D eigenvalue weighted by Crippen LogP contribution is 2.18. The molecule has 0 aromatic heterocycles. The lowest BCUT2D eigenvalue weighted by Gasteiger charge is -2.25. The summed E-state index contributed by atoms with van der Waals surface area (Å²) in [7, 11) is 3.54. The number of likely N-dealkylation sites (N-methyl/N-ethyl adjacent to an activating group) is 1. The Morgan fingerprint density at radius 2 is 2.21 bits per heavy atom. The molecule has 0 bridgehead atoms. The van der Waals surface area contributed by atoms with Crippen LogP contribution in [0.15, 0.2) is 24.3 Å². The van der Waals surface area contributed by atoms with E-state index in [4.69, 9.17) is 10.6 Å². The minimum absolute atomic E-state index is 0.125. The van der Waals surface area contributed by atoms with Crippen molar-refractivity contribution in [2.75, 3.05) is 20.7 Å². The van der Waals surface area contributed by atoms with Crippen LogP contribution in [0.25, 0.3) is 0 Å². The molecule has 0 amide bonds. The van der Waals surface area contributed by atoms with Gasteiger partial charge in [-0.2, -0.15) is 5.06 Å². The van der Waals surface area contributed by atoms with Gasteiger partial charge in [0.25, 0.3) is 0 Å². The van der Waals surface area contributed by atoms with Crippen LogP contribution in [-0.2, 0) is 4.84 Å². The summed E-state index contributed by atoms with van der Waals surface area (Å²) in [6, 6.07) is 8.44. The largest absolute Gasteiger partial charge is 0.329 e. The van der Waals surface area contributed by atoms with E-state index in [9.17, 15) is 0 Å². The van der Waals surface area contributed by atoms with Crippen LogP contribution in [-0.4, -0.2) is 25.8 Å². The Hall–Kier alpha value is -0.900. The summed E-state index contributed by atoms with van der Waals surface area (Å²) in [5.74, 6) is 0. The van der Waals surface area contributed by atoms with Gasteiger partial charge in [-0.05, 0) is 12.5 Å². The molecule has 1 aromatic carbocycles. The first-order valence-corrected chi connectivity index (χ1v) is 4.72. The lowest BCUT2D eigenvalue weighted by atomic mass is 10.0. The summed E-state index contributed by atoms with van der Waals surface area (Å²) in [5.41, 5.74) is 8.14. The molecule has 0 fully saturated rings. The van der Waals surface area contributed by atoms with Gasteiger partial charge >= 0.3 is 0 Å². The molecule has 3 nitrogen and oxygen atoms in total. The van der Waals surface area contributed by atoms with Crippen molar-refractivity contribution in [2.45, 2.75) is 13.0 Å². The first-order chi connectivity index (χ1) is 6.69. The highest BCUT2D eigenvalue weighted by molar-refractivity contribution is 5.25. The number of nitrogens with two attached hydrogens (primary N) is 1. The van der Waals surface area contributed by atoms with E-state index in [-0.39, 0.29) is 6.04 Å². The number of hydroxylamine groups is 2. The minimum atomic E-state index is 0.125. The van der Waals surface area contributed by atoms with Crippen molar-refractivity contribution in [1.82, 2.24) is 5.06 Å². The fourth-order valence-corrected chi connectivity index (χ4v) is 1.50. The molecule has 0 aliphatic heterocycles. The molecule has 0 aliphatic carbocycles. The molecule has 14 heavy (non-hydrogen) atoms. The van der Waals surface area contributed by atoms with Gasteiger partial charge in [0.1, 0.15) is 0 Å². The monoisotopic (exact) mass is 194 g/mol. The number of nitrogens with zero attached hydrogens (tertiary/aromatic N) is 1. The minimum Gasteiger partial charge on any atom is -0.329 e. The van der Waals surface area contributed by atoms with Crippen molar-refractivity contribution >= 4 is 0 Å². The van der Waals surface area contributed by atoms with Crippen molar-refractivity contribution in [2.24, 2.45) is 5.73 Å². The van der Waals surface area contributed by atoms with Gasteiger partial charge in [0, 0.05) is 13.6 Å². The summed E-state index contributed by atoms with van der Waals surface area (Å²) < 4.78 is 0. The van der Waals surface area contributed by atoms with Crippen LogP contribution < -0.4 is 5.73 Å². The Labute approximate surface area is 85.4 Å². The molecule has 1 unspecified atom stereocenters. The van der Waals surface area contributed by atoms with Gasteiger partial charge < -0.3 is 10.6 Å². The van der Waals surface area contributed by atoms with E-state index in [0.29, 0.717) is 6.54 Å². The molecule has 0 saturated carbocycles. The average molecular weight is 194 g/mol. The Bertz CT molecular complexity index is 288. The smallest absolute Gasteiger partial charge is 0.0721 e. The quantitative estimate of drug-likeness (QED) is 0.738. The molecular formula is C11H18N2O. The van der Waals surface area contributed by atoms with E-state index in [1.165, 1.54) is 11.1 Å². The number of hydrogen-bond donors (Lipinski definition) is 1. The average Bonchev–Trinajstić information content (AvgIpc) is 2.19. The standard InChI is InChI=1S/C11H18N2O/c1-9-5-4-6-10(7-9)11(8-12)13(2)14-3/h4-7,11H,8,12H2,1-3H3. The first-order valence-electron chi connectivity index (χ1n) is 4.72. The molecule has 3 heteroatoms. The second-order valence-electron chi connectivity index (χ2n) is 3.39. The van der Waals surface area contributed by atoms with Crippen LogP contribution in [0.5, 0.6) is 0 Å². The van der Waals surface area contributed by atoms with Crippen LogP contribution in [0.1, 0.15) is 17.2 Å². The molecule has 0 radical (unpaired) electrons. The van der Waals surface area contributed by atoms with E-state index < -0.39 is 0 Å². The molecule has 0 saturated heterocycles. The van der Waals surface area contributed by atoms with Gasteiger partial charge in [0.2, 0.25) is 0 Å². The zero-order valence-electron chi connectivity index (χ0n) is 9.03. The van der Waals surface area contributed by atoms with Crippen LogP contribution in [0.4, 0.5) is 0 Å². The number of aryl methyl sites for hydroxylation is 1.